The lowest BCUT2D eigenvalue weighted by molar-refractivity contribution is -0.129. The largest absolute Gasteiger partial charge is 0.494 e. The second kappa shape index (κ2) is 15.3. The molecule has 0 spiro atoms. The van der Waals surface area contributed by atoms with Gasteiger partial charge in [0.1, 0.15) is 17.4 Å². The summed E-state index contributed by atoms with van der Waals surface area (Å²) >= 11 is 12.9. The minimum Gasteiger partial charge on any atom is -0.494 e. The number of benzene rings is 4. The average Bonchev–Trinajstić information content (AvgIpc) is 3.42. The molecular weight excluding hydrogens is 635 g/mol. The third kappa shape index (κ3) is 8.10. The first-order chi connectivity index (χ1) is 22.3. The molecule has 11 heteroatoms. The van der Waals surface area contributed by atoms with Crippen molar-refractivity contribution < 1.29 is 28.2 Å². The number of hydrogen-bond donors (Lipinski definition) is 3. The van der Waals surface area contributed by atoms with Gasteiger partial charge in [0.05, 0.1) is 6.61 Å². The van der Waals surface area contributed by atoms with Gasteiger partial charge in [-0.2, -0.15) is 0 Å². The highest BCUT2D eigenvalue weighted by Crippen LogP contribution is 2.45. The number of nitrogens with one attached hydrogen (secondary N) is 2. The fourth-order valence-electron chi connectivity index (χ4n) is 4.99. The van der Waals surface area contributed by atoms with Crippen molar-refractivity contribution in [3.8, 4) is 5.75 Å². The maximum atomic E-state index is 14.2. The molecule has 5 rings (SSSR count). The quantitative estimate of drug-likeness (QED) is 0.104. The topological polar surface area (TPSA) is 92.2 Å². The summed E-state index contributed by atoms with van der Waals surface area (Å²) < 4.78 is 39.7. The van der Waals surface area contributed by atoms with Crippen LogP contribution in [0.25, 0.3) is 6.08 Å². The summed E-state index contributed by atoms with van der Waals surface area (Å²) in [6.45, 7) is 0.322. The summed E-state index contributed by atoms with van der Waals surface area (Å²) in [4.78, 5) is 19.1. The van der Waals surface area contributed by atoms with Crippen molar-refractivity contribution in [3.63, 3.8) is 0 Å². The van der Waals surface area contributed by atoms with Crippen LogP contribution < -0.4 is 15.6 Å². The highest BCUT2D eigenvalue weighted by atomic mass is 35.5. The second-order valence-electron chi connectivity index (χ2n) is 10.6. The zero-order valence-electron chi connectivity index (χ0n) is 24.6. The molecule has 46 heavy (non-hydrogen) atoms. The second-order valence-corrected chi connectivity index (χ2v) is 11.4. The Morgan fingerprint density at radius 2 is 1.74 bits per heavy atom. The molecule has 1 heterocycles. The van der Waals surface area contributed by atoms with Crippen molar-refractivity contribution >= 4 is 41.1 Å². The summed E-state index contributed by atoms with van der Waals surface area (Å²) in [6.07, 6.45) is 3.32. The zero-order valence-corrected chi connectivity index (χ0v) is 26.1. The molecule has 7 nitrogen and oxygen atoms in total. The summed E-state index contributed by atoms with van der Waals surface area (Å²) in [7, 11) is 0. The Kier molecular flexibility index (Phi) is 11.0. The van der Waals surface area contributed by atoms with Crippen LogP contribution in [0.4, 0.5) is 8.78 Å². The summed E-state index contributed by atoms with van der Waals surface area (Å²) in [5.74, 6) is -1.22. The molecule has 4 aromatic rings. The Labute approximate surface area is 275 Å². The summed E-state index contributed by atoms with van der Waals surface area (Å²) in [6, 6.07) is 24.6. The van der Waals surface area contributed by atoms with E-state index in [0.717, 1.165) is 11.6 Å². The van der Waals surface area contributed by atoms with Gasteiger partial charge in [-0.3, -0.25) is 10.2 Å². The molecule has 3 N–H and O–H groups in total. The van der Waals surface area contributed by atoms with E-state index in [0.29, 0.717) is 40.5 Å². The maximum Gasteiger partial charge on any atom is 0.266 e. The molecule has 0 aliphatic carbocycles. The monoisotopic (exact) mass is 665 g/mol. The van der Waals surface area contributed by atoms with Gasteiger partial charge in [0, 0.05) is 53.2 Å². The molecule has 238 valence electrons. The van der Waals surface area contributed by atoms with E-state index in [9.17, 15) is 13.6 Å². The molecule has 0 radical (unpaired) electrons. The van der Waals surface area contributed by atoms with Crippen molar-refractivity contribution in [2.24, 2.45) is 4.99 Å². The number of aliphatic hydroxyl groups excluding tert-OH is 1. The number of hydrazine groups is 1. The standard InChI is InChI=1S/C35H31Cl2F2N3O4/c36-26-11-14-30(31(37)20-26)32-35(15-4-8-23-6-2-1-3-7-23,34(44)42-40-22-24-18-27(38)21-28(39)19-24)41-33(46-32)25-9-12-29(13-10-25)45-17-5-16-43/h1-4,6-14,18-21,32,40,43H,5,15-17,22H2,(H,42,44)/b8-4+/t32-,35-/m0/s1. The van der Waals surface area contributed by atoms with Gasteiger partial charge >= 0.3 is 0 Å². The number of aliphatic imine (C=N–C) groups is 1. The van der Waals surface area contributed by atoms with Crippen molar-refractivity contribution in [3.05, 3.63) is 141 Å². The van der Waals surface area contributed by atoms with E-state index in [4.69, 9.17) is 42.8 Å². The van der Waals surface area contributed by atoms with Gasteiger partial charge in [-0.05, 0) is 59.7 Å². The van der Waals surface area contributed by atoms with E-state index in [1.165, 1.54) is 12.1 Å². The van der Waals surface area contributed by atoms with Crippen LogP contribution in [-0.2, 0) is 16.1 Å². The number of aliphatic hydroxyl groups is 1. The number of carbonyl (C=O) groups is 1. The first-order valence-electron chi connectivity index (χ1n) is 14.5. The molecule has 0 saturated carbocycles. The number of halogens is 4. The van der Waals surface area contributed by atoms with Crippen LogP contribution in [0, 0.1) is 11.6 Å². The molecule has 1 aliphatic heterocycles. The van der Waals surface area contributed by atoms with E-state index in [-0.39, 0.29) is 30.5 Å². The third-order valence-electron chi connectivity index (χ3n) is 7.23. The lowest BCUT2D eigenvalue weighted by Gasteiger charge is -2.30. The molecule has 2 atom stereocenters. The maximum absolute atomic E-state index is 14.2. The highest BCUT2D eigenvalue weighted by molar-refractivity contribution is 6.35. The van der Waals surface area contributed by atoms with Crippen molar-refractivity contribution in [2.75, 3.05) is 13.2 Å². The smallest absolute Gasteiger partial charge is 0.266 e. The zero-order chi connectivity index (χ0) is 32.5. The number of carbonyl (C=O) groups excluding carboxylic acids is 1. The van der Waals surface area contributed by atoms with Crippen molar-refractivity contribution in [2.45, 2.75) is 31.0 Å². The Hall–Kier alpha value is -4.28. The first kappa shape index (κ1) is 33.1. The van der Waals surface area contributed by atoms with Gasteiger partial charge in [0.25, 0.3) is 5.91 Å². The van der Waals surface area contributed by atoms with Crippen LogP contribution in [0.3, 0.4) is 0 Å². The molecule has 0 unspecified atom stereocenters. The predicted molar refractivity (Wildman–Crippen MR) is 175 cm³/mol. The Morgan fingerprint density at radius 3 is 2.43 bits per heavy atom. The van der Waals surface area contributed by atoms with E-state index < -0.39 is 29.2 Å². The van der Waals surface area contributed by atoms with Crippen molar-refractivity contribution in [1.82, 2.24) is 10.9 Å². The van der Waals surface area contributed by atoms with Crippen LogP contribution >= 0.6 is 23.2 Å². The molecule has 0 saturated heterocycles. The Morgan fingerprint density at radius 1 is 1.00 bits per heavy atom. The van der Waals surface area contributed by atoms with Crippen LogP contribution in [0.15, 0.2) is 102 Å². The van der Waals surface area contributed by atoms with Gasteiger partial charge in [0.2, 0.25) is 5.90 Å². The third-order valence-corrected chi connectivity index (χ3v) is 7.79. The highest BCUT2D eigenvalue weighted by Gasteiger charge is 2.53. The molecule has 1 amide bonds. The molecule has 1 aliphatic rings. The van der Waals surface area contributed by atoms with Crippen LogP contribution in [0.1, 0.15) is 41.2 Å². The SMILES string of the molecule is O=C(NNCc1cc(F)cc(F)c1)[C@@]1(C/C=C/c2ccccc2)N=C(c2ccc(OCCCO)cc2)O[C@H]1c1ccc(Cl)cc1Cl. The van der Waals surface area contributed by atoms with Crippen LogP contribution in [-0.4, -0.2) is 35.7 Å². The van der Waals surface area contributed by atoms with E-state index in [1.54, 1.807) is 42.5 Å². The van der Waals surface area contributed by atoms with Crippen LogP contribution in [0.5, 0.6) is 5.75 Å². The van der Waals surface area contributed by atoms with Crippen molar-refractivity contribution in [1.29, 1.82) is 0 Å². The fourth-order valence-corrected chi connectivity index (χ4v) is 5.50. The number of amides is 1. The molecule has 0 aromatic heterocycles. The summed E-state index contributed by atoms with van der Waals surface area (Å²) in [5, 5.41) is 9.73. The van der Waals surface area contributed by atoms with Gasteiger partial charge in [-0.25, -0.2) is 19.2 Å². The van der Waals surface area contributed by atoms with E-state index in [1.807, 2.05) is 42.5 Å². The molecule has 0 bridgehead atoms. The number of hydrogen-bond acceptors (Lipinski definition) is 6. The van der Waals surface area contributed by atoms with Crippen LogP contribution in [0.2, 0.25) is 10.0 Å². The number of nitrogens with zero attached hydrogens (tertiary/aromatic N) is 1. The Bertz CT molecular complexity index is 1700. The lowest BCUT2D eigenvalue weighted by atomic mass is 9.84. The van der Waals surface area contributed by atoms with Gasteiger partial charge in [0.15, 0.2) is 11.6 Å². The average molecular weight is 667 g/mol. The fraction of sp³-hybridized carbons (Fsp3) is 0.200. The normalized spacial score (nSPS) is 17.5. The van der Waals surface area contributed by atoms with Gasteiger partial charge in [-0.15, -0.1) is 0 Å². The minimum absolute atomic E-state index is 0.0220. The molecular formula is C35H31Cl2F2N3O4. The number of rotatable bonds is 13. The van der Waals surface area contributed by atoms with Gasteiger partial charge in [-0.1, -0.05) is 71.8 Å². The van der Waals surface area contributed by atoms with E-state index >= 15 is 0 Å². The minimum atomic E-state index is -1.57. The lowest BCUT2D eigenvalue weighted by Crippen LogP contribution is -2.52. The van der Waals surface area contributed by atoms with E-state index in [2.05, 4.69) is 10.9 Å². The molecule has 0 fully saturated rings. The number of ether oxygens (including phenoxy) is 2. The first-order valence-corrected chi connectivity index (χ1v) is 15.3. The predicted octanol–water partition coefficient (Wildman–Crippen LogP) is 7.21. The Balaban J connectivity index is 1.51. The van der Waals surface area contributed by atoms with Gasteiger partial charge < -0.3 is 14.6 Å². The molecule has 4 aromatic carbocycles. The summed E-state index contributed by atoms with van der Waals surface area (Å²) in [5.41, 5.74) is 6.18.